The van der Waals surface area contributed by atoms with Crippen LogP contribution in [0.25, 0.3) is 0 Å². The molecule has 1 saturated carbocycles. The van der Waals surface area contributed by atoms with Crippen LogP contribution in [0.3, 0.4) is 0 Å². The summed E-state index contributed by atoms with van der Waals surface area (Å²) >= 11 is 0. The first-order valence-corrected chi connectivity index (χ1v) is 12.4. The highest BCUT2D eigenvalue weighted by Crippen LogP contribution is 2.38. The summed E-state index contributed by atoms with van der Waals surface area (Å²) in [6.45, 7) is 7.09. The van der Waals surface area contributed by atoms with Crippen molar-refractivity contribution in [1.29, 1.82) is 0 Å². The molecule has 2 aliphatic rings. The molecule has 180 valence electrons. The molecule has 6 heteroatoms. The number of nitrogens with zero attached hydrogens (tertiary/aromatic N) is 2. The molecule has 0 spiro atoms. The molecule has 1 aliphatic heterocycles. The number of piperazine rings is 1. The average Bonchev–Trinajstić information content (AvgIpc) is 3.62. The standard InChI is InChI=1S/C29H32N4O2/c1-21-18-27(21)29(35)31-25-9-5-8-23(19-25)28(34)30-24-10-12-26(13-11-24)33-16-14-32(15-17-33)20-22-6-3-2-4-7-22/h2-13,19,21,27H,14-18,20H2,1H3,(H,30,34)(H,31,35). The Hall–Kier alpha value is -3.64. The third-order valence-corrected chi connectivity index (χ3v) is 6.95. The van der Waals surface area contributed by atoms with Gasteiger partial charge in [0, 0.05) is 61.3 Å². The number of anilines is 3. The first-order chi connectivity index (χ1) is 17.0. The van der Waals surface area contributed by atoms with Gasteiger partial charge in [0.25, 0.3) is 5.91 Å². The van der Waals surface area contributed by atoms with Crippen LogP contribution in [-0.4, -0.2) is 42.9 Å². The maximum absolute atomic E-state index is 12.8. The van der Waals surface area contributed by atoms with Crippen LogP contribution in [-0.2, 0) is 11.3 Å². The third-order valence-electron chi connectivity index (χ3n) is 6.95. The fraction of sp³-hybridized carbons (Fsp3) is 0.310. The predicted molar refractivity (Wildman–Crippen MR) is 141 cm³/mol. The molecule has 6 nitrogen and oxygen atoms in total. The largest absolute Gasteiger partial charge is 0.369 e. The minimum absolute atomic E-state index is 0.0338. The summed E-state index contributed by atoms with van der Waals surface area (Å²) < 4.78 is 0. The predicted octanol–water partition coefficient (Wildman–Crippen LogP) is 4.86. The zero-order valence-electron chi connectivity index (χ0n) is 20.1. The van der Waals surface area contributed by atoms with Crippen molar-refractivity contribution in [2.75, 3.05) is 41.7 Å². The second kappa shape index (κ2) is 10.3. The van der Waals surface area contributed by atoms with Gasteiger partial charge >= 0.3 is 0 Å². The molecule has 1 heterocycles. The molecular weight excluding hydrogens is 436 g/mol. The van der Waals surface area contributed by atoms with Crippen LogP contribution >= 0.6 is 0 Å². The monoisotopic (exact) mass is 468 g/mol. The van der Waals surface area contributed by atoms with Crippen LogP contribution in [0.1, 0.15) is 29.3 Å². The number of amides is 2. The maximum Gasteiger partial charge on any atom is 0.255 e. The number of carbonyl (C=O) groups excluding carboxylic acids is 2. The fourth-order valence-corrected chi connectivity index (χ4v) is 4.63. The average molecular weight is 469 g/mol. The Kier molecular flexibility index (Phi) is 6.82. The topological polar surface area (TPSA) is 64.7 Å². The van der Waals surface area contributed by atoms with Crippen molar-refractivity contribution in [1.82, 2.24) is 4.90 Å². The van der Waals surface area contributed by atoms with Gasteiger partial charge in [0.05, 0.1) is 0 Å². The normalized spacial score (nSPS) is 19.7. The minimum atomic E-state index is -0.192. The Balaban J connectivity index is 1.13. The molecule has 5 rings (SSSR count). The number of rotatable bonds is 7. The third kappa shape index (κ3) is 5.89. The van der Waals surface area contributed by atoms with E-state index in [2.05, 4.69) is 69.8 Å². The maximum atomic E-state index is 12.8. The van der Waals surface area contributed by atoms with Crippen molar-refractivity contribution in [2.24, 2.45) is 11.8 Å². The Morgan fingerprint density at radius 2 is 1.54 bits per heavy atom. The van der Waals surface area contributed by atoms with E-state index in [-0.39, 0.29) is 17.7 Å². The number of nitrogens with one attached hydrogen (secondary N) is 2. The Morgan fingerprint density at radius 1 is 0.829 bits per heavy atom. The van der Waals surface area contributed by atoms with E-state index in [1.165, 1.54) is 11.3 Å². The number of benzene rings is 3. The molecule has 3 aromatic rings. The molecule has 2 atom stereocenters. The van der Waals surface area contributed by atoms with Crippen LogP contribution in [0.2, 0.25) is 0 Å². The van der Waals surface area contributed by atoms with Gasteiger partial charge in [-0.2, -0.15) is 0 Å². The molecule has 1 saturated heterocycles. The summed E-state index contributed by atoms with van der Waals surface area (Å²) in [4.78, 5) is 29.9. The molecular formula is C29H32N4O2. The van der Waals surface area contributed by atoms with Crippen molar-refractivity contribution in [3.8, 4) is 0 Å². The lowest BCUT2D eigenvalue weighted by Gasteiger charge is -2.36. The van der Waals surface area contributed by atoms with Crippen LogP contribution in [0, 0.1) is 11.8 Å². The zero-order valence-corrected chi connectivity index (χ0v) is 20.1. The van der Waals surface area contributed by atoms with Gasteiger partial charge in [-0.25, -0.2) is 0 Å². The highest BCUT2D eigenvalue weighted by atomic mass is 16.2. The summed E-state index contributed by atoms with van der Waals surface area (Å²) in [7, 11) is 0. The van der Waals surface area contributed by atoms with Crippen LogP contribution in [0.5, 0.6) is 0 Å². The second-order valence-electron chi connectivity index (χ2n) is 9.64. The van der Waals surface area contributed by atoms with E-state index in [1.807, 2.05) is 18.2 Å². The van der Waals surface area contributed by atoms with Crippen molar-refractivity contribution >= 4 is 28.9 Å². The number of hydrogen-bond donors (Lipinski definition) is 2. The van der Waals surface area contributed by atoms with E-state index in [4.69, 9.17) is 0 Å². The van der Waals surface area contributed by atoms with E-state index < -0.39 is 0 Å². The highest BCUT2D eigenvalue weighted by molar-refractivity contribution is 6.05. The molecule has 2 fully saturated rings. The molecule has 0 aromatic heterocycles. The van der Waals surface area contributed by atoms with Gasteiger partial charge < -0.3 is 15.5 Å². The van der Waals surface area contributed by atoms with Gasteiger partial charge in [-0.15, -0.1) is 0 Å². The summed E-state index contributed by atoms with van der Waals surface area (Å²) in [5.41, 5.74) is 4.45. The fourth-order valence-electron chi connectivity index (χ4n) is 4.63. The van der Waals surface area contributed by atoms with Crippen molar-refractivity contribution in [3.05, 3.63) is 90.0 Å². The molecule has 3 aromatic carbocycles. The molecule has 2 unspecified atom stereocenters. The van der Waals surface area contributed by atoms with Gasteiger partial charge in [0.1, 0.15) is 0 Å². The lowest BCUT2D eigenvalue weighted by molar-refractivity contribution is -0.117. The first kappa shape index (κ1) is 23.1. The van der Waals surface area contributed by atoms with Gasteiger partial charge in [-0.1, -0.05) is 43.3 Å². The van der Waals surface area contributed by atoms with Crippen molar-refractivity contribution < 1.29 is 9.59 Å². The zero-order chi connectivity index (χ0) is 24.2. The highest BCUT2D eigenvalue weighted by Gasteiger charge is 2.39. The van der Waals surface area contributed by atoms with E-state index in [0.29, 0.717) is 17.2 Å². The summed E-state index contributed by atoms with van der Waals surface area (Å²) in [6.07, 6.45) is 0.936. The summed E-state index contributed by atoms with van der Waals surface area (Å²) in [5.74, 6) is 0.384. The van der Waals surface area contributed by atoms with E-state index in [9.17, 15) is 9.59 Å². The van der Waals surface area contributed by atoms with Crippen LogP contribution < -0.4 is 15.5 Å². The summed E-state index contributed by atoms with van der Waals surface area (Å²) in [6, 6.07) is 25.7. The Morgan fingerprint density at radius 3 is 2.23 bits per heavy atom. The van der Waals surface area contributed by atoms with E-state index >= 15 is 0 Å². The Labute approximate surface area is 206 Å². The minimum Gasteiger partial charge on any atom is -0.369 e. The molecule has 2 amide bonds. The molecule has 35 heavy (non-hydrogen) atoms. The quantitative estimate of drug-likeness (QED) is 0.520. The molecule has 1 aliphatic carbocycles. The Bertz CT molecular complexity index is 1170. The van der Waals surface area contributed by atoms with Crippen LogP contribution in [0.15, 0.2) is 78.9 Å². The lowest BCUT2D eigenvalue weighted by atomic mass is 10.1. The summed E-state index contributed by atoms with van der Waals surface area (Å²) in [5, 5.41) is 5.89. The van der Waals surface area contributed by atoms with Crippen LogP contribution in [0.4, 0.5) is 17.1 Å². The van der Waals surface area contributed by atoms with Crippen molar-refractivity contribution in [3.63, 3.8) is 0 Å². The lowest BCUT2D eigenvalue weighted by Crippen LogP contribution is -2.45. The van der Waals surface area contributed by atoms with Gasteiger partial charge in [-0.3, -0.25) is 14.5 Å². The van der Waals surface area contributed by atoms with E-state index in [0.717, 1.165) is 44.8 Å². The van der Waals surface area contributed by atoms with Gasteiger partial charge in [0.15, 0.2) is 0 Å². The van der Waals surface area contributed by atoms with E-state index in [1.54, 1.807) is 18.2 Å². The number of carbonyl (C=O) groups is 2. The van der Waals surface area contributed by atoms with Crippen molar-refractivity contribution in [2.45, 2.75) is 19.9 Å². The van der Waals surface area contributed by atoms with Gasteiger partial charge in [0.2, 0.25) is 5.91 Å². The molecule has 2 N–H and O–H groups in total. The van der Waals surface area contributed by atoms with Gasteiger partial charge in [-0.05, 0) is 60.4 Å². The number of hydrogen-bond acceptors (Lipinski definition) is 4. The SMILES string of the molecule is CC1CC1C(=O)Nc1cccc(C(=O)Nc2ccc(N3CCN(Cc4ccccc4)CC3)cc2)c1. The smallest absolute Gasteiger partial charge is 0.255 e. The molecule has 0 radical (unpaired) electrons. The first-order valence-electron chi connectivity index (χ1n) is 12.4. The second-order valence-corrected chi connectivity index (χ2v) is 9.64. The molecule has 0 bridgehead atoms.